The first kappa shape index (κ1) is 15.9. The van der Waals surface area contributed by atoms with E-state index in [1.54, 1.807) is 4.90 Å². The molecule has 0 aliphatic carbocycles. The molecule has 4 heteroatoms. The number of amides is 2. The molecule has 0 saturated heterocycles. The van der Waals surface area contributed by atoms with Crippen LogP contribution in [0.1, 0.15) is 12.5 Å². The van der Waals surface area contributed by atoms with Crippen molar-refractivity contribution < 1.29 is 9.53 Å². The molecule has 2 aromatic rings. The van der Waals surface area contributed by atoms with Gasteiger partial charge in [0, 0.05) is 12.2 Å². The molecule has 0 spiro atoms. The summed E-state index contributed by atoms with van der Waals surface area (Å²) in [5.74, 6) is 0.815. The van der Waals surface area contributed by atoms with Crippen LogP contribution in [-0.2, 0) is 0 Å². The molecule has 0 fully saturated rings. The van der Waals surface area contributed by atoms with Crippen LogP contribution in [0.3, 0.4) is 0 Å². The first-order chi connectivity index (χ1) is 10.7. The third-order valence-electron chi connectivity index (χ3n) is 3.30. The minimum atomic E-state index is -0.110. The van der Waals surface area contributed by atoms with Crippen LogP contribution in [0.2, 0.25) is 0 Å². The number of para-hydroxylation sites is 1. The number of benzene rings is 2. The normalized spacial score (nSPS) is 10.1. The zero-order chi connectivity index (χ0) is 15.8. The lowest BCUT2D eigenvalue weighted by Gasteiger charge is -2.21. The Balaban J connectivity index is 1.78. The second-order valence-corrected chi connectivity index (χ2v) is 4.97. The predicted octanol–water partition coefficient (Wildman–Crippen LogP) is 3.61. The predicted molar refractivity (Wildman–Crippen MR) is 89.5 cm³/mol. The highest BCUT2D eigenvalue weighted by Crippen LogP contribution is 2.13. The topological polar surface area (TPSA) is 41.6 Å². The lowest BCUT2D eigenvalue weighted by molar-refractivity contribution is 0.242. The highest BCUT2D eigenvalue weighted by molar-refractivity contribution is 5.91. The second kappa shape index (κ2) is 8.08. The molecule has 22 heavy (non-hydrogen) atoms. The van der Waals surface area contributed by atoms with Crippen molar-refractivity contribution in [3.8, 4) is 5.75 Å². The molecule has 116 valence electrons. The number of aryl methyl sites for hydroxylation is 1. The Labute approximate surface area is 131 Å². The highest BCUT2D eigenvalue weighted by atomic mass is 16.5. The van der Waals surface area contributed by atoms with E-state index in [-0.39, 0.29) is 6.03 Å². The van der Waals surface area contributed by atoms with Gasteiger partial charge in [0.15, 0.2) is 0 Å². The average molecular weight is 298 g/mol. The molecule has 0 bridgehead atoms. The largest absolute Gasteiger partial charge is 0.492 e. The van der Waals surface area contributed by atoms with Crippen LogP contribution in [0, 0.1) is 6.92 Å². The molecule has 1 N–H and O–H groups in total. The van der Waals surface area contributed by atoms with E-state index >= 15 is 0 Å². The number of nitrogens with one attached hydrogen (secondary N) is 1. The minimum Gasteiger partial charge on any atom is -0.492 e. The number of hydrogen-bond acceptors (Lipinski definition) is 2. The summed E-state index contributed by atoms with van der Waals surface area (Å²) in [7, 11) is 0. The summed E-state index contributed by atoms with van der Waals surface area (Å²) in [6.45, 7) is 5.52. The Bertz CT molecular complexity index is 582. The summed E-state index contributed by atoms with van der Waals surface area (Å²) in [5.41, 5.74) is 2.09. The van der Waals surface area contributed by atoms with Crippen molar-refractivity contribution >= 4 is 11.7 Å². The third-order valence-corrected chi connectivity index (χ3v) is 3.30. The quantitative estimate of drug-likeness (QED) is 0.828. The smallest absolute Gasteiger partial charge is 0.321 e. The van der Waals surface area contributed by atoms with E-state index in [0.717, 1.165) is 11.4 Å². The number of anilines is 1. The number of carbonyl (C=O) groups excluding carboxylic acids is 1. The van der Waals surface area contributed by atoms with E-state index in [0.29, 0.717) is 19.7 Å². The van der Waals surface area contributed by atoms with Gasteiger partial charge in [-0.1, -0.05) is 35.9 Å². The van der Waals surface area contributed by atoms with Crippen LogP contribution in [0.25, 0.3) is 0 Å². The molecule has 2 aromatic carbocycles. The first-order valence-corrected chi connectivity index (χ1v) is 7.50. The fourth-order valence-corrected chi connectivity index (χ4v) is 2.11. The van der Waals surface area contributed by atoms with Gasteiger partial charge in [-0.05, 0) is 38.1 Å². The SMILES string of the molecule is CCN(C(=O)NCCOc1ccc(C)cc1)c1ccccc1. The van der Waals surface area contributed by atoms with Gasteiger partial charge in [-0.25, -0.2) is 4.79 Å². The Morgan fingerprint density at radius 1 is 1.09 bits per heavy atom. The standard InChI is InChI=1S/C18H22N2O2/c1-3-20(16-7-5-4-6-8-16)18(21)19-13-14-22-17-11-9-15(2)10-12-17/h4-12H,3,13-14H2,1-2H3,(H,19,21). The van der Waals surface area contributed by atoms with E-state index in [4.69, 9.17) is 4.74 Å². The molecule has 0 radical (unpaired) electrons. The maximum atomic E-state index is 12.2. The lowest BCUT2D eigenvalue weighted by atomic mass is 10.2. The van der Waals surface area contributed by atoms with Crippen molar-refractivity contribution in [1.29, 1.82) is 0 Å². The van der Waals surface area contributed by atoms with E-state index < -0.39 is 0 Å². The molecule has 0 aromatic heterocycles. The molecule has 2 amide bonds. The number of carbonyl (C=O) groups is 1. The van der Waals surface area contributed by atoms with Crippen LogP contribution >= 0.6 is 0 Å². The molecular formula is C18H22N2O2. The highest BCUT2D eigenvalue weighted by Gasteiger charge is 2.12. The number of rotatable bonds is 6. The van der Waals surface area contributed by atoms with Crippen LogP contribution in [0.5, 0.6) is 5.75 Å². The summed E-state index contributed by atoms with van der Waals surface area (Å²) in [5, 5.41) is 2.88. The first-order valence-electron chi connectivity index (χ1n) is 7.50. The van der Waals surface area contributed by atoms with Crippen molar-refractivity contribution in [2.24, 2.45) is 0 Å². The van der Waals surface area contributed by atoms with E-state index in [2.05, 4.69) is 5.32 Å². The van der Waals surface area contributed by atoms with Gasteiger partial charge in [0.25, 0.3) is 0 Å². The van der Waals surface area contributed by atoms with E-state index in [1.165, 1.54) is 5.56 Å². The molecule has 2 rings (SSSR count). The molecule has 0 saturated carbocycles. The lowest BCUT2D eigenvalue weighted by Crippen LogP contribution is -2.41. The van der Waals surface area contributed by atoms with Crippen molar-refractivity contribution in [3.05, 3.63) is 60.2 Å². The molecule has 0 heterocycles. The van der Waals surface area contributed by atoms with Gasteiger partial charge in [0.2, 0.25) is 0 Å². The fourth-order valence-electron chi connectivity index (χ4n) is 2.11. The van der Waals surface area contributed by atoms with Gasteiger partial charge in [0.05, 0.1) is 6.54 Å². The molecule has 0 aliphatic rings. The van der Waals surface area contributed by atoms with E-state index in [1.807, 2.05) is 68.4 Å². The maximum Gasteiger partial charge on any atom is 0.321 e. The zero-order valence-corrected chi connectivity index (χ0v) is 13.1. The van der Waals surface area contributed by atoms with Gasteiger partial charge in [-0.2, -0.15) is 0 Å². The molecule has 0 unspecified atom stereocenters. The number of ether oxygens (including phenoxy) is 1. The fraction of sp³-hybridized carbons (Fsp3) is 0.278. The van der Waals surface area contributed by atoms with E-state index in [9.17, 15) is 4.79 Å². The summed E-state index contributed by atoms with van der Waals surface area (Å²) < 4.78 is 5.60. The van der Waals surface area contributed by atoms with Gasteiger partial charge < -0.3 is 10.1 Å². The molecule has 0 aliphatic heterocycles. The Kier molecular flexibility index (Phi) is 5.83. The molecular weight excluding hydrogens is 276 g/mol. The number of urea groups is 1. The van der Waals surface area contributed by atoms with Crippen LogP contribution in [0.4, 0.5) is 10.5 Å². The number of nitrogens with zero attached hydrogens (tertiary/aromatic N) is 1. The summed E-state index contributed by atoms with van der Waals surface area (Å²) in [4.78, 5) is 13.9. The molecule has 4 nitrogen and oxygen atoms in total. The average Bonchev–Trinajstić information content (AvgIpc) is 2.55. The third kappa shape index (κ3) is 4.52. The summed E-state index contributed by atoms with van der Waals surface area (Å²) in [6, 6.07) is 17.4. The van der Waals surface area contributed by atoms with Crippen LogP contribution in [0.15, 0.2) is 54.6 Å². The number of hydrogen-bond donors (Lipinski definition) is 1. The summed E-state index contributed by atoms with van der Waals surface area (Å²) in [6.07, 6.45) is 0. The van der Waals surface area contributed by atoms with Crippen LogP contribution in [-0.4, -0.2) is 25.7 Å². The monoisotopic (exact) mass is 298 g/mol. The van der Waals surface area contributed by atoms with Gasteiger partial charge >= 0.3 is 6.03 Å². The summed E-state index contributed by atoms with van der Waals surface area (Å²) >= 11 is 0. The van der Waals surface area contributed by atoms with Gasteiger partial charge in [-0.3, -0.25) is 4.90 Å². The zero-order valence-electron chi connectivity index (χ0n) is 13.1. The van der Waals surface area contributed by atoms with Gasteiger partial charge in [-0.15, -0.1) is 0 Å². The van der Waals surface area contributed by atoms with Crippen molar-refractivity contribution in [1.82, 2.24) is 5.32 Å². The van der Waals surface area contributed by atoms with Crippen molar-refractivity contribution in [2.45, 2.75) is 13.8 Å². The van der Waals surface area contributed by atoms with Crippen LogP contribution < -0.4 is 15.0 Å². The Morgan fingerprint density at radius 3 is 2.41 bits per heavy atom. The van der Waals surface area contributed by atoms with Gasteiger partial charge in [0.1, 0.15) is 12.4 Å². The molecule has 0 atom stereocenters. The Hall–Kier alpha value is -2.49. The van der Waals surface area contributed by atoms with Crippen molar-refractivity contribution in [3.63, 3.8) is 0 Å². The minimum absolute atomic E-state index is 0.110. The Morgan fingerprint density at radius 2 is 1.77 bits per heavy atom. The second-order valence-electron chi connectivity index (χ2n) is 4.97. The maximum absolute atomic E-state index is 12.2. The van der Waals surface area contributed by atoms with Crippen molar-refractivity contribution in [2.75, 3.05) is 24.6 Å².